The number of nitrogens with two attached hydrogens (primary N) is 1. The van der Waals surface area contributed by atoms with Gasteiger partial charge in [-0.3, -0.25) is 0 Å². The Morgan fingerprint density at radius 3 is 2.88 bits per heavy atom. The molecular weight excluding hydrogens is 328 g/mol. The number of pyridine rings is 1. The van der Waals surface area contributed by atoms with Gasteiger partial charge in [0, 0.05) is 30.1 Å². The van der Waals surface area contributed by atoms with Crippen LogP contribution in [0.25, 0.3) is 22.3 Å². The van der Waals surface area contributed by atoms with E-state index >= 15 is 0 Å². The Labute approximate surface area is 152 Å². The molecule has 0 amide bonds. The summed E-state index contributed by atoms with van der Waals surface area (Å²) in [5, 5.41) is 4.49. The predicted octanol–water partition coefficient (Wildman–Crippen LogP) is 3.75. The zero-order chi connectivity index (χ0) is 17.9. The second-order valence-corrected chi connectivity index (χ2v) is 6.64. The quantitative estimate of drug-likeness (QED) is 0.646. The van der Waals surface area contributed by atoms with Crippen molar-refractivity contribution in [3.63, 3.8) is 0 Å². The number of aromatic amines is 1. The van der Waals surface area contributed by atoms with E-state index < -0.39 is 0 Å². The van der Waals surface area contributed by atoms with Crippen molar-refractivity contribution < 1.29 is 4.74 Å². The summed E-state index contributed by atoms with van der Waals surface area (Å²) < 4.78 is 5.93. The molecule has 1 fully saturated rings. The van der Waals surface area contributed by atoms with Crippen molar-refractivity contribution in [3.05, 3.63) is 24.5 Å². The van der Waals surface area contributed by atoms with E-state index in [4.69, 9.17) is 15.5 Å². The molecule has 0 aromatic carbocycles. The molecule has 1 aliphatic rings. The smallest absolute Gasteiger partial charge is 0.220 e. The minimum absolute atomic E-state index is 0.248. The van der Waals surface area contributed by atoms with Gasteiger partial charge in [-0.05, 0) is 25.8 Å². The molecule has 7 nitrogen and oxygen atoms in total. The maximum atomic E-state index is 5.93. The van der Waals surface area contributed by atoms with Gasteiger partial charge in [0.05, 0.1) is 17.7 Å². The first-order valence-corrected chi connectivity index (χ1v) is 9.25. The van der Waals surface area contributed by atoms with Gasteiger partial charge in [-0.2, -0.15) is 0 Å². The Bertz CT molecular complexity index is 900. The summed E-state index contributed by atoms with van der Waals surface area (Å²) in [6.45, 7) is 2.56. The van der Waals surface area contributed by atoms with Crippen molar-refractivity contribution in [1.82, 2.24) is 19.9 Å². The van der Waals surface area contributed by atoms with Crippen LogP contribution in [0.5, 0.6) is 5.75 Å². The normalized spacial score (nSPS) is 15.3. The molecule has 26 heavy (non-hydrogen) atoms. The molecule has 3 aromatic rings. The van der Waals surface area contributed by atoms with Crippen LogP contribution in [0, 0.1) is 0 Å². The lowest BCUT2D eigenvalue weighted by Gasteiger charge is -2.23. The predicted molar refractivity (Wildman–Crippen MR) is 103 cm³/mol. The first kappa shape index (κ1) is 16.6. The highest BCUT2D eigenvalue weighted by Crippen LogP contribution is 2.36. The highest BCUT2D eigenvalue weighted by Gasteiger charge is 2.18. The number of fused-ring (bicyclic) bond motifs is 1. The lowest BCUT2D eigenvalue weighted by atomic mass is 9.95. The van der Waals surface area contributed by atoms with Gasteiger partial charge in [0.15, 0.2) is 0 Å². The molecule has 0 saturated heterocycles. The van der Waals surface area contributed by atoms with Crippen molar-refractivity contribution in [2.75, 3.05) is 17.7 Å². The molecular formula is C19H24N6O. The molecule has 0 atom stereocenters. The maximum absolute atomic E-state index is 5.93. The summed E-state index contributed by atoms with van der Waals surface area (Å²) in [4.78, 5) is 16.3. The van der Waals surface area contributed by atoms with Gasteiger partial charge in [0.1, 0.15) is 17.2 Å². The second kappa shape index (κ2) is 7.19. The molecule has 1 saturated carbocycles. The summed E-state index contributed by atoms with van der Waals surface area (Å²) >= 11 is 0. The number of anilines is 2. The zero-order valence-electron chi connectivity index (χ0n) is 15.0. The van der Waals surface area contributed by atoms with Crippen LogP contribution in [-0.2, 0) is 0 Å². The molecule has 0 unspecified atom stereocenters. The molecule has 3 aromatic heterocycles. The Morgan fingerprint density at radius 1 is 1.27 bits per heavy atom. The Balaban J connectivity index is 1.74. The molecule has 7 heteroatoms. The average molecular weight is 352 g/mol. The van der Waals surface area contributed by atoms with Crippen LogP contribution in [0.2, 0.25) is 0 Å². The van der Waals surface area contributed by atoms with Gasteiger partial charge < -0.3 is 20.8 Å². The van der Waals surface area contributed by atoms with E-state index in [1.54, 1.807) is 6.20 Å². The van der Waals surface area contributed by atoms with Crippen molar-refractivity contribution in [2.45, 2.75) is 45.1 Å². The number of nitrogens with zero attached hydrogens (tertiary/aromatic N) is 3. The van der Waals surface area contributed by atoms with Crippen molar-refractivity contribution in [2.24, 2.45) is 0 Å². The van der Waals surface area contributed by atoms with Gasteiger partial charge >= 0.3 is 0 Å². The van der Waals surface area contributed by atoms with Crippen LogP contribution in [0.15, 0.2) is 24.5 Å². The molecule has 0 aliphatic heterocycles. The van der Waals surface area contributed by atoms with Gasteiger partial charge in [-0.25, -0.2) is 15.0 Å². The van der Waals surface area contributed by atoms with Crippen molar-refractivity contribution >= 4 is 22.8 Å². The van der Waals surface area contributed by atoms with E-state index in [0.29, 0.717) is 12.6 Å². The first-order chi connectivity index (χ1) is 12.7. The molecule has 0 bridgehead atoms. The van der Waals surface area contributed by atoms with Crippen molar-refractivity contribution in [1.29, 1.82) is 0 Å². The van der Waals surface area contributed by atoms with E-state index in [0.717, 1.165) is 33.9 Å². The number of ether oxygens (including phenoxy) is 1. The summed E-state index contributed by atoms with van der Waals surface area (Å²) in [5.74, 6) is 1.89. The van der Waals surface area contributed by atoms with Gasteiger partial charge in [0.2, 0.25) is 5.95 Å². The first-order valence-electron chi connectivity index (χ1n) is 9.25. The highest BCUT2D eigenvalue weighted by molar-refractivity contribution is 5.98. The maximum Gasteiger partial charge on any atom is 0.220 e. The lowest BCUT2D eigenvalue weighted by Crippen LogP contribution is -2.22. The van der Waals surface area contributed by atoms with E-state index in [2.05, 4.69) is 20.3 Å². The summed E-state index contributed by atoms with van der Waals surface area (Å²) in [6.07, 6.45) is 9.83. The number of nitrogens with one attached hydrogen (secondary N) is 2. The summed E-state index contributed by atoms with van der Waals surface area (Å²) in [7, 11) is 0. The van der Waals surface area contributed by atoms with E-state index in [-0.39, 0.29) is 5.95 Å². The average Bonchev–Trinajstić information content (AvgIpc) is 3.07. The molecule has 0 spiro atoms. The summed E-state index contributed by atoms with van der Waals surface area (Å²) in [5.41, 5.74) is 8.18. The topological polar surface area (TPSA) is 102 Å². The van der Waals surface area contributed by atoms with Crippen molar-refractivity contribution in [3.8, 4) is 17.0 Å². The third-order valence-electron chi connectivity index (χ3n) is 4.81. The monoisotopic (exact) mass is 352 g/mol. The Morgan fingerprint density at radius 2 is 2.12 bits per heavy atom. The largest absolute Gasteiger partial charge is 0.493 e. The molecule has 136 valence electrons. The number of hydrogen-bond acceptors (Lipinski definition) is 6. The fourth-order valence-corrected chi connectivity index (χ4v) is 3.62. The minimum Gasteiger partial charge on any atom is -0.493 e. The minimum atomic E-state index is 0.248. The van der Waals surface area contributed by atoms with E-state index in [1.165, 1.54) is 32.1 Å². The Hall–Kier alpha value is -2.83. The van der Waals surface area contributed by atoms with E-state index in [1.807, 2.05) is 25.3 Å². The van der Waals surface area contributed by atoms with E-state index in [9.17, 15) is 0 Å². The number of nitrogen functional groups attached to an aromatic ring is 1. The van der Waals surface area contributed by atoms with Crippen LogP contribution in [0.4, 0.5) is 11.8 Å². The number of hydrogen-bond donors (Lipinski definition) is 3. The zero-order valence-corrected chi connectivity index (χ0v) is 15.0. The SMILES string of the molecule is CCOc1cc(NC2CCCCC2)nc2[nH]cc(-c3ccnc(N)n3)c12. The van der Waals surface area contributed by atoms with Crippen LogP contribution < -0.4 is 15.8 Å². The molecule has 3 heterocycles. The highest BCUT2D eigenvalue weighted by atomic mass is 16.5. The third-order valence-corrected chi connectivity index (χ3v) is 4.81. The van der Waals surface area contributed by atoms with Crippen LogP contribution in [0.3, 0.4) is 0 Å². The fraction of sp³-hybridized carbons (Fsp3) is 0.421. The van der Waals surface area contributed by atoms with Crippen LogP contribution >= 0.6 is 0 Å². The standard InChI is InChI=1S/C19H24N6O/c1-2-26-15-10-16(23-12-6-4-3-5-7-12)25-18-17(15)13(11-22-18)14-8-9-21-19(20)24-14/h8-12H,2-7H2,1H3,(H2,20,21,24)(H2,22,23,25). The van der Waals surface area contributed by atoms with Crippen LogP contribution in [-0.4, -0.2) is 32.6 Å². The Kier molecular flexibility index (Phi) is 4.60. The molecule has 4 N–H and O–H groups in total. The van der Waals surface area contributed by atoms with Gasteiger partial charge in [-0.1, -0.05) is 19.3 Å². The number of H-pyrrole nitrogens is 1. The molecule has 4 rings (SSSR count). The van der Waals surface area contributed by atoms with Gasteiger partial charge in [-0.15, -0.1) is 0 Å². The third kappa shape index (κ3) is 3.29. The number of rotatable bonds is 5. The second-order valence-electron chi connectivity index (χ2n) is 6.64. The molecule has 1 aliphatic carbocycles. The molecule has 0 radical (unpaired) electrons. The number of aromatic nitrogens is 4. The summed E-state index contributed by atoms with van der Waals surface area (Å²) in [6, 6.07) is 4.31. The lowest BCUT2D eigenvalue weighted by molar-refractivity contribution is 0.344. The van der Waals surface area contributed by atoms with Gasteiger partial charge in [0.25, 0.3) is 0 Å². The fourth-order valence-electron chi connectivity index (χ4n) is 3.62. The van der Waals surface area contributed by atoms with Crippen LogP contribution in [0.1, 0.15) is 39.0 Å².